The van der Waals surface area contributed by atoms with Crippen molar-refractivity contribution in [3.8, 4) is 0 Å². The summed E-state index contributed by atoms with van der Waals surface area (Å²) in [5.74, 6) is 0.840. The molecular weight excluding hydrogens is 160 g/mol. The van der Waals surface area contributed by atoms with Gasteiger partial charge in [0.25, 0.3) is 0 Å². The van der Waals surface area contributed by atoms with Crippen molar-refractivity contribution in [3.05, 3.63) is 11.6 Å². The molecule has 2 fully saturated rings. The fourth-order valence-corrected chi connectivity index (χ4v) is 3.52. The van der Waals surface area contributed by atoms with Crippen LogP contribution in [0.5, 0.6) is 0 Å². The molecule has 0 saturated heterocycles. The summed E-state index contributed by atoms with van der Waals surface area (Å²) in [5, 5.41) is 0. The van der Waals surface area contributed by atoms with Gasteiger partial charge >= 0.3 is 0 Å². The van der Waals surface area contributed by atoms with Gasteiger partial charge in [0.05, 0.1) is 0 Å². The lowest BCUT2D eigenvalue weighted by molar-refractivity contribution is -0.127. The van der Waals surface area contributed by atoms with Gasteiger partial charge in [-0.05, 0) is 37.5 Å². The van der Waals surface area contributed by atoms with Crippen LogP contribution in [0.25, 0.3) is 0 Å². The first-order valence-electron chi connectivity index (χ1n) is 5.54. The molecule has 0 amide bonds. The average Bonchev–Trinajstić information content (AvgIpc) is 2.16. The van der Waals surface area contributed by atoms with E-state index in [4.69, 9.17) is 0 Å². The van der Waals surface area contributed by atoms with E-state index in [0.29, 0.717) is 17.1 Å². The number of allylic oxidation sites excluding steroid dienone is 2. The Hall–Kier alpha value is -0.590. The van der Waals surface area contributed by atoms with Gasteiger partial charge in [0.15, 0.2) is 0 Å². The summed E-state index contributed by atoms with van der Waals surface area (Å²) in [6, 6.07) is 0. The molecule has 1 heteroatoms. The third-order valence-electron chi connectivity index (χ3n) is 4.30. The van der Waals surface area contributed by atoms with E-state index in [1.165, 1.54) is 32.1 Å². The highest BCUT2D eigenvalue weighted by atomic mass is 16.1. The fourth-order valence-electron chi connectivity index (χ4n) is 3.52. The van der Waals surface area contributed by atoms with Gasteiger partial charge < -0.3 is 0 Å². The van der Waals surface area contributed by atoms with Crippen molar-refractivity contribution in [2.75, 3.05) is 0 Å². The van der Waals surface area contributed by atoms with Crippen LogP contribution in [0.1, 0.15) is 44.9 Å². The first kappa shape index (κ1) is 7.78. The van der Waals surface area contributed by atoms with Crippen molar-refractivity contribution >= 4 is 5.78 Å². The highest BCUT2D eigenvalue weighted by molar-refractivity contribution is 5.86. The first-order chi connectivity index (χ1) is 6.30. The maximum atomic E-state index is 11.7. The van der Waals surface area contributed by atoms with Crippen LogP contribution in [0, 0.1) is 11.3 Å². The molecule has 0 aliphatic heterocycles. The molecule has 0 radical (unpaired) electrons. The van der Waals surface area contributed by atoms with Gasteiger partial charge in [0, 0.05) is 12.3 Å². The third kappa shape index (κ3) is 0.962. The van der Waals surface area contributed by atoms with E-state index < -0.39 is 0 Å². The lowest BCUT2D eigenvalue weighted by atomic mass is 9.55. The Bertz CT molecular complexity index is 289. The Morgan fingerprint density at radius 2 is 2.23 bits per heavy atom. The second-order valence-electron chi connectivity index (χ2n) is 4.97. The molecule has 0 aromatic heterocycles. The van der Waals surface area contributed by atoms with Gasteiger partial charge in [-0.3, -0.25) is 4.79 Å². The second-order valence-corrected chi connectivity index (χ2v) is 4.97. The molecular formula is C12H16O. The minimum atomic E-state index is 0.315. The molecule has 4 aliphatic carbocycles. The second kappa shape index (κ2) is 2.46. The third-order valence-corrected chi connectivity index (χ3v) is 4.30. The summed E-state index contributed by atoms with van der Waals surface area (Å²) in [4.78, 5) is 11.7. The first-order valence-corrected chi connectivity index (χ1v) is 5.54. The summed E-state index contributed by atoms with van der Waals surface area (Å²) >= 11 is 0. The largest absolute Gasteiger partial charge is 0.299 e. The molecule has 2 saturated carbocycles. The lowest BCUT2D eigenvalue weighted by Crippen LogP contribution is -2.41. The number of ketones is 1. The van der Waals surface area contributed by atoms with E-state index in [2.05, 4.69) is 6.08 Å². The topological polar surface area (TPSA) is 17.1 Å². The van der Waals surface area contributed by atoms with Gasteiger partial charge in [0.2, 0.25) is 0 Å². The molecule has 0 aromatic carbocycles. The smallest absolute Gasteiger partial charge is 0.140 e. The summed E-state index contributed by atoms with van der Waals surface area (Å²) in [6.45, 7) is 0. The quantitative estimate of drug-likeness (QED) is 0.519. The maximum Gasteiger partial charge on any atom is 0.140 e. The number of rotatable bonds is 0. The predicted molar refractivity (Wildman–Crippen MR) is 51.3 cm³/mol. The monoisotopic (exact) mass is 176 g/mol. The average molecular weight is 176 g/mol. The van der Waals surface area contributed by atoms with Crippen molar-refractivity contribution < 1.29 is 4.79 Å². The minimum Gasteiger partial charge on any atom is -0.299 e. The highest BCUT2D eigenvalue weighted by Gasteiger charge is 2.46. The fraction of sp³-hybridized carbons (Fsp3) is 0.750. The minimum absolute atomic E-state index is 0.315. The molecule has 0 aromatic rings. The summed E-state index contributed by atoms with van der Waals surface area (Å²) in [5.41, 5.74) is 2.01. The van der Waals surface area contributed by atoms with E-state index in [-0.39, 0.29) is 0 Å². The molecule has 13 heavy (non-hydrogen) atoms. The molecule has 4 rings (SSSR count). The number of carbonyl (C=O) groups excluding carboxylic acids is 1. The van der Waals surface area contributed by atoms with Gasteiger partial charge in [-0.2, -0.15) is 0 Å². The van der Waals surface area contributed by atoms with Crippen molar-refractivity contribution in [2.45, 2.75) is 44.9 Å². The van der Waals surface area contributed by atoms with Crippen molar-refractivity contribution in [1.29, 1.82) is 0 Å². The Morgan fingerprint density at radius 3 is 3.08 bits per heavy atom. The molecule has 0 N–H and O–H groups in total. The number of hydrogen-bond donors (Lipinski definition) is 0. The summed E-state index contributed by atoms with van der Waals surface area (Å²) in [7, 11) is 0. The zero-order valence-corrected chi connectivity index (χ0v) is 8.01. The van der Waals surface area contributed by atoms with E-state index in [9.17, 15) is 4.79 Å². The van der Waals surface area contributed by atoms with Crippen LogP contribution in [-0.4, -0.2) is 5.78 Å². The normalized spacial score (nSPS) is 42.9. The SMILES string of the molecule is O=C1C[C@]23CCCCC2=C[C@H]1CC3. The van der Waals surface area contributed by atoms with Gasteiger partial charge in [0.1, 0.15) is 5.78 Å². The summed E-state index contributed by atoms with van der Waals surface area (Å²) < 4.78 is 0. The molecule has 1 spiro atoms. The maximum absolute atomic E-state index is 11.7. The number of fused-ring (bicyclic) bond motifs is 2. The molecule has 0 unspecified atom stereocenters. The van der Waals surface area contributed by atoms with Crippen molar-refractivity contribution in [3.63, 3.8) is 0 Å². The standard InChI is InChI=1S/C12H16O/c13-11-8-12-5-2-1-3-10(12)7-9(11)4-6-12/h7,9H,1-6,8H2/t9-,12-/m1/s1. The van der Waals surface area contributed by atoms with E-state index in [1.54, 1.807) is 5.57 Å². The number of hydrogen-bond acceptors (Lipinski definition) is 1. The van der Waals surface area contributed by atoms with Crippen LogP contribution in [0.4, 0.5) is 0 Å². The van der Waals surface area contributed by atoms with E-state index in [0.717, 1.165) is 12.8 Å². The number of carbonyl (C=O) groups is 1. The summed E-state index contributed by atoms with van der Waals surface area (Å²) in [6.07, 6.45) is 10.9. The van der Waals surface area contributed by atoms with Crippen molar-refractivity contribution in [1.82, 2.24) is 0 Å². The van der Waals surface area contributed by atoms with E-state index in [1.807, 2.05) is 0 Å². The Morgan fingerprint density at radius 1 is 1.31 bits per heavy atom. The van der Waals surface area contributed by atoms with Crippen LogP contribution < -0.4 is 0 Å². The molecule has 1 nitrogen and oxygen atoms in total. The lowest BCUT2D eigenvalue weighted by Gasteiger charge is -2.48. The van der Waals surface area contributed by atoms with Crippen LogP contribution in [-0.2, 0) is 4.79 Å². The van der Waals surface area contributed by atoms with E-state index >= 15 is 0 Å². The molecule has 70 valence electrons. The Balaban J connectivity index is 2.05. The Labute approximate surface area is 79.2 Å². The molecule has 2 atom stereocenters. The zero-order chi connectivity index (χ0) is 8.89. The van der Waals surface area contributed by atoms with Gasteiger partial charge in [-0.1, -0.05) is 18.1 Å². The molecule has 4 aliphatic rings. The molecule has 0 heterocycles. The predicted octanol–water partition coefficient (Wildman–Crippen LogP) is 2.86. The van der Waals surface area contributed by atoms with Crippen LogP contribution in [0.15, 0.2) is 11.6 Å². The van der Waals surface area contributed by atoms with Crippen molar-refractivity contribution in [2.24, 2.45) is 11.3 Å². The Kier molecular flexibility index (Phi) is 1.47. The zero-order valence-electron chi connectivity index (χ0n) is 8.01. The number of Topliss-reactive ketones (excluding diaryl/α,β-unsaturated/α-hetero) is 1. The van der Waals surface area contributed by atoms with Gasteiger partial charge in [-0.15, -0.1) is 0 Å². The van der Waals surface area contributed by atoms with Crippen LogP contribution >= 0.6 is 0 Å². The highest BCUT2D eigenvalue weighted by Crippen LogP contribution is 2.55. The van der Waals surface area contributed by atoms with Crippen LogP contribution in [0.2, 0.25) is 0 Å². The molecule has 2 bridgehead atoms. The van der Waals surface area contributed by atoms with Crippen LogP contribution in [0.3, 0.4) is 0 Å². The van der Waals surface area contributed by atoms with Gasteiger partial charge in [-0.25, -0.2) is 0 Å².